The summed E-state index contributed by atoms with van der Waals surface area (Å²) in [5.74, 6) is -0.851. The number of anilines is 1. The van der Waals surface area contributed by atoms with Gasteiger partial charge in [-0.05, 0) is 30.5 Å². The molecule has 0 radical (unpaired) electrons. The summed E-state index contributed by atoms with van der Waals surface area (Å²) in [5.41, 5.74) is 1.41. The molecule has 2 aromatic carbocycles. The maximum atomic E-state index is 12.6. The van der Waals surface area contributed by atoms with Crippen LogP contribution in [0.4, 0.5) is 5.69 Å². The number of rotatable bonds is 9. The Morgan fingerprint density at radius 1 is 1.10 bits per heavy atom. The molecule has 1 atom stereocenters. The first-order valence-corrected chi connectivity index (χ1v) is 12.0. The van der Waals surface area contributed by atoms with Crippen molar-refractivity contribution in [3.8, 4) is 0 Å². The molecule has 8 nitrogen and oxygen atoms in total. The number of nitrogens with one attached hydrogen (secondary N) is 2. The van der Waals surface area contributed by atoms with Gasteiger partial charge in [0, 0.05) is 19.7 Å². The van der Waals surface area contributed by atoms with Gasteiger partial charge >= 0.3 is 0 Å². The number of sulfonamides is 1. The number of amides is 2. The monoisotopic (exact) mass is 445 g/mol. The second-order valence-electron chi connectivity index (χ2n) is 7.46. The molecule has 166 valence electrons. The van der Waals surface area contributed by atoms with Crippen LogP contribution in [-0.2, 0) is 26.1 Å². The minimum absolute atomic E-state index is 0.00649. The smallest absolute Gasteiger partial charge is 0.253 e. The molecular weight excluding hydrogens is 418 g/mol. The molecule has 1 saturated heterocycles. The zero-order chi connectivity index (χ0) is 22.3. The highest BCUT2D eigenvalue weighted by atomic mass is 32.2. The lowest BCUT2D eigenvalue weighted by Gasteiger charge is -2.20. The van der Waals surface area contributed by atoms with E-state index < -0.39 is 15.9 Å². The predicted octanol–water partition coefficient (Wildman–Crippen LogP) is 2.00. The Morgan fingerprint density at radius 2 is 1.81 bits per heavy atom. The molecule has 1 heterocycles. The van der Waals surface area contributed by atoms with Crippen molar-refractivity contribution in [1.29, 1.82) is 0 Å². The van der Waals surface area contributed by atoms with Crippen molar-refractivity contribution in [2.45, 2.75) is 25.5 Å². The van der Waals surface area contributed by atoms with Gasteiger partial charge in [0.15, 0.2) is 0 Å². The first-order valence-electron chi connectivity index (χ1n) is 10.1. The summed E-state index contributed by atoms with van der Waals surface area (Å²) >= 11 is 0. The van der Waals surface area contributed by atoms with Gasteiger partial charge in [0.25, 0.3) is 5.91 Å². The van der Waals surface area contributed by atoms with Crippen molar-refractivity contribution >= 4 is 27.5 Å². The molecule has 2 amide bonds. The Kier molecular flexibility index (Phi) is 7.78. The van der Waals surface area contributed by atoms with E-state index in [2.05, 4.69) is 10.6 Å². The fourth-order valence-electron chi connectivity index (χ4n) is 3.32. The van der Waals surface area contributed by atoms with Crippen molar-refractivity contribution in [1.82, 2.24) is 9.62 Å². The lowest BCUT2D eigenvalue weighted by Crippen LogP contribution is -2.37. The van der Waals surface area contributed by atoms with Crippen molar-refractivity contribution in [3.05, 3.63) is 65.7 Å². The highest BCUT2D eigenvalue weighted by Gasteiger charge is 2.22. The van der Waals surface area contributed by atoms with E-state index in [4.69, 9.17) is 4.74 Å². The molecule has 3 rings (SSSR count). The largest absolute Gasteiger partial charge is 0.376 e. The summed E-state index contributed by atoms with van der Waals surface area (Å²) in [6.07, 6.45) is 2.96. The van der Waals surface area contributed by atoms with Crippen LogP contribution in [0.15, 0.2) is 54.6 Å². The molecule has 0 aromatic heterocycles. The third kappa shape index (κ3) is 6.88. The molecule has 1 fully saturated rings. The Morgan fingerprint density at radius 3 is 2.48 bits per heavy atom. The number of hydrogen-bond acceptors (Lipinski definition) is 5. The minimum Gasteiger partial charge on any atom is -0.376 e. The number of nitrogens with zero attached hydrogens (tertiary/aromatic N) is 1. The molecule has 2 N–H and O–H groups in total. The maximum absolute atomic E-state index is 12.6. The van der Waals surface area contributed by atoms with E-state index in [1.807, 2.05) is 6.07 Å². The van der Waals surface area contributed by atoms with Crippen LogP contribution < -0.4 is 10.6 Å². The number of benzene rings is 2. The van der Waals surface area contributed by atoms with Crippen molar-refractivity contribution < 1.29 is 22.7 Å². The molecule has 0 spiro atoms. The average molecular weight is 446 g/mol. The van der Waals surface area contributed by atoms with E-state index in [9.17, 15) is 18.0 Å². The summed E-state index contributed by atoms with van der Waals surface area (Å²) in [7, 11) is -3.62. The van der Waals surface area contributed by atoms with Gasteiger partial charge in [-0.25, -0.2) is 8.42 Å². The summed E-state index contributed by atoms with van der Waals surface area (Å²) in [6, 6.07) is 15.7. The van der Waals surface area contributed by atoms with Crippen molar-refractivity contribution in [2.24, 2.45) is 0 Å². The van der Waals surface area contributed by atoms with Crippen LogP contribution in [-0.4, -0.2) is 56.6 Å². The van der Waals surface area contributed by atoms with Crippen LogP contribution in [0.5, 0.6) is 0 Å². The molecule has 0 bridgehead atoms. The van der Waals surface area contributed by atoms with Crippen LogP contribution in [0.1, 0.15) is 28.8 Å². The van der Waals surface area contributed by atoms with Crippen LogP contribution in [0.2, 0.25) is 0 Å². The van der Waals surface area contributed by atoms with E-state index in [1.165, 1.54) is 0 Å². The second kappa shape index (κ2) is 10.5. The van der Waals surface area contributed by atoms with Gasteiger partial charge in [-0.3, -0.25) is 9.59 Å². The fourth-order valence-corrected chi connectivity index (χ4v) is 4.06. The van der Waals surface area contributed by atoms with Crippen LogP contribution in [0.25, 0.3) is 0 Å². The Labute approximate surface area is 182 Å². The van der Waals surface area contributed by atoms with Gasteiger partial charge in [-0.1, -0.05) is 42.5 Å². The quantitative estimate of drug-likeness (QED) is 0.614. The molecular formula is C22H27N3O5S. The molecule has 0 saturated carbocycles. The first kappa shape index (κ1) is 22.9. The number of carbonyl (C=O) groups excluding carboxylic acids is 2. The van der Waals surface area contributed by atoms with E-state index in [1.54, 1.807) is 48.5 Å². The molecule has 1 aliphatic heterocycles. The van der Waals surface area contributed by atoms with Crippen molar-refractivity contribution in [2.75, 3.05) is 31.3 Å². The van der Waals surface area contributed by atoms with E-state index in [-0.39, 0.29) is 25.1 Å². The Hall–Kier alpha value is -2.75. The highest BCUT2D eigenvalue weighted by molar-refractivity contribution is 7.88. The minimum atomic E-state index is -3.62. The number of carbonyl (C=O) groups is 2. The zero-order valence-electron chi connectivity index (χ0n) is 17.4. The maximum Gasteiger partial charge on any atom is 0.253 e. The van der Waals surface area contributed by atoms with Gasteiger partial charge in [0.1, 0.15) is 0 Å². The number of hydrogen-bond donors (Lipinski definition) is 2. The summed E-state index contributed by atoms with van der Waals surface area (Å²) in [6.45, 7) is 0.823. The lowest BCUT2D eigenvalue weighted by molar-refractivity contribution is -0.116. The standard InChI is InChI=1S/C22H27N3O5S/c1-31(28,29)25(15-17-8-3-2-4-9-17)16-21(26)24-20-12-6-5-11-19(20)22(27)23-14-18-10-7-13-30-18/h2-6,8-9,11-12,18H,7,10,13-16H2,1H3,(H,23,27)(H,24,26)/t18-/m1/s1. The summed E-state index contributed by atoms with van der Waals surface area (Å²) in [5, 5.41) is 5.50. The first-order chi connectivity index (χ1) is 14.8. The van der Waals surface area contributed by atoms with Gasteiger partial charge in [0.05, 0.1) is 30.2 Å². The molecule has 0 aliphatic carbocycles. The van der Waals surface area contributed by atoms with Gasteiger partial charge in [-0.15, -0.1) is 0 Å². The summed E-state index contributed by atoms with van der Waals surface area (Å²) < 4.78 is 31.0. The molecule has 2 aromatic rings. The average Bonchev–Trinajstić information content (AvgIpc) is 3.26. The third-order valence-electron chi connectivity index (χ3n) is 4.95. The molecule has 9 heteroatoms. The van der Waals surface area contributed by atoms with E-state index >= 15 is 0 Å². The highest BCUT2D eigenvalue weighted by Crippen LogP contribution is 2.17. The van der Waals surface area contributed by atoms with Crippen LogP contribution in [0.3, 0.4) is 0 Å². The van der Waals surface area contributed by atoms with Crippen LogP contribution in [0, 0.1) is 0 Å². The molecule has 31 heavy (non-hydrogen) atoms. The summed E-state index contributed by atoms with van der Waals surface area (Å²) in [4.78, 5) is 25.2. The second-order valence-corrected chi connectivity index (χ2v) is 9.44. The Bertz CT molecular complexity index is 1000. The Balaban J connectivity index is 1.65. The number of ether oxygens (including phenoxy) is 1. The topological polar surface area (TPSA) is 105 Å². The van der Waals surface area contributed by atoms with Crippen molar-refractivity contribution in [3.63, 3.8) is 0 Å². The predicted molar refractivity (Wildman–Crippen MR) is 118 cm³/mol. The van der Waals surface area contributed by atoms with Gasteiger partial charge in [-0.2, -0.15) is 4.31 Å². The normalized spacial score (nSPS) is 16.3. The fraction of sp³-hybridized carbons (Fsp3) is 0.364. The van der Waals surface area contributed by atoms with E-state index in [0.29, 0.717) is 24.4 Å². The zero-order valence-corrected chi connectivity index (χ0v) is 18.2. The molecule has 1 aliphatic rings. The van der Waals surface area contributed by atoms with Gasteiger partial charge in [0.2, 0.25) is 15.9 Å². The number of para-hydroxylation sites is 1. The third-order valence-corrected chi connectivity index (χ3v) is 6.15. The SMILES string of the molecule is CS(=O)(=O)N(CC(=O)Nc1ccccc1C(=O)NC[C@H]1CCCO1)Cc1ccccc1. The van der Waals surface area contributed by atoms with Crippen LogP contribution >= 0.6 is 0 Å². The van der Waals surface area contributed by atoms with Gasteiger partial charge < -0.3 is 15.4 Å². The van der Waals surface area contributed by atoms with E-state index in [0.717, 1.165) is 29.0 Å². The lowest BCUT2D eigenvalue weighted by atomic mass is 10.1. The molecule has 0 unspecified atom stereocenters.